The van der Waals surface area contributed by atoms with Gasteiger partial charge in [0.2, 0.25) is 0 Å². The summed E-state index contributed by atoms with van der Waals surface area (Å²) in [5.41, 5.74) is 5.37. The summed E-state index contributed by atoms with van der Waals surface area (Å²) in [6.07, 6.45) is 7.21. The van der Waals surface area contributed by atoms with Crippen molar-refractivity contribution in [3.05, 3.63) is 69.8 Å². The molecule has 0 unspecified atom stereocenters. The molecule has 1 fully saturated rings. The van der Waals surface area contributed by atoms with Crippen LogP contribution >= 0.6 is 11.8 Å². The number of nitro groups is 1. The molecular weight excluding hydrogens is 452 g/mol. The van der Waals surface area contributed by atoms with Gasteiger partial charge in [0, 0.05) is 23.7 Å². The average molecular weight is 479 g/mol. The number of nitrogens with one attached hydrogen (secondary N) is 1. The molecule has 0 radical (unpaired) electrons. The Morgan fingerprint density at radius 1 is 1.15 bits per heavy atom. The maximum Gasteiger partial charge on any atom is 0.269 e. The van der Waals surface area contributed by atoms with Gasteiger partial charge in [-0.25, -0.2) is 5.43 Å². The molecule has 1 aliphatic rings. The molecule has 0 bridgehead atoms. The van der Waals surface area contributed by atoms with Crippen molar-refractivity contribution in [1.82, 2.24) is 20.2 Å². The summed E-state index contributed by atoms with van der Waals surface area (Å²) in [7, 11) is 0. The Hall–Kier alpha value is -3.53. The molecular formula is C24H26N6O3S. The Morgan fingerprint density at radius 3 is 2.53 bits per heavy atom. The molecule has 1 saturated carbocycles. The first-order valence-corrected chi connectivity index (χ1v) is 12.2. The van der Waals surface area contributed by atoms with E-state index >= 15 is 0 Å². The second kappa shape index (κ2) is 11.1. The van der Waals surface area contributed by atoms with Gasteiger partial charge in [0.05, 0.1) is 16.9 Å². The lowest BCUT2D eigenvalue weighted by molar-refractivity contribution is -0.384. The van der Waals surface area contributed by atoms with Crippen molar-refractivity contribution >= 4 is 29.6 Å². The van der Waals surface area contributed by atoms with E-state index in [4.69, 9.17) is 0 Å². The van der Waals surface area contributed by atoms with E-state index in [1.165, 1.54) is 54.9 Å². The van der Waals surface area contributed by atoms with Gasteiger partial charge in [0.1, 0.15) is 0 Å². The van der Waals surface area contributed by atoms with Gasteiger partial charge in [0.25, 0.3) is 11.6 Å². The lowest BCUT2D eigenvalue weighted by atomic mass is 9.95. The first kappa shape index (κ1) is 23.6. The normalized spacial score (nSPS) is 14.4. The lowest BCUT2D eigenvalue weighted by Crippen LogP contribution is -2.20. The van der Waals surface area contributed by atoms with Crippen LogP contribution in [0.1, 0.15) is 49.3 Å². The zero-order valence-corrected chi connectivity index (χ0v) is 19.7. The summed E-state index contributed by atoms with van der Waals surface area (Å²) in [4.78, 5) is 22.6. The van der Waals surface area contributed by atoms with E-state index in [9.17, 15) is 14.9 Å². The van der Waals surface area contributed by atoms with Gasteiger partial charge < -0.3 is 0 Å². The van der Waals surface area contributed by atoms with Crippen LogP contribution in [0.5, 0.6) is 0 Å². The molecule has 10 heteroatoms. The highest BCUT2D eigenvalue weighted by molar-refractivity contribution is 7.99. The number of amides is 1. The van der Waals surface area contributed by atoms with Crippen molar-refractivity contribution in [2.24, 2.45) is 5.10 Å². The van der Waals surface area contributed by atoms with E-state index in [-0.39, 0.29) is 17.3 Å². The van der Waals surface area contributed by atoms with E-state index in [0.717, 1.165) is 29.4 Å². The molecule has 1 aliphatic carbocycles. The highest BCUT2D eigenvalue weighted by atomic mass is 32.2. The van der Waals surface area contributed by atoms with Crippen LogP contribution < -0.4 is 5.43 Å². The molecule has 0 spiro atoms. The molecule has 0 atom stereocenters. The molecule has 3 aromatic rings. The number of hydrazone groups is 1. The van der Waals surface area contributed by atoms with E-state index in [1.54, 1.807) is 12.1 Å². The summed E-state index contributed by atoms with van der Waals surface area (Å²) in [5, 5.41) is 24.3. The van der Waals surface area contributed by atoms with Crippen LogP contribution in [-0.4, -0.2) is 37.6 Å². The third kappa shape index (κ3) is 5.88. The summed E-state index contributed by atoms with van der Waals surface area (Å²) in [6, 6.07) is 14.5. The van der Waals surface area contributed by atoms with Crippen LogP contribution in [0.3, 0.4) is 0 Å². The van der Waals surface area contributed by atoms with Crippen molar-refractivity contribution in [3.63, 3.8) is 0 Å². The Balaban J connectivity index is 1.42. The predicted molar refractivity (Wildman–Crippen MR) is 132 cm³/mol. The van der Waals surface area contributed by atoms with Gasteiger partial charge in [-0.05, 0) is 37.5 Å². The van der Waals surface area contributed by atoms with Gasteiger partial charge in [-0.15, -0.1) is 10.2 Å². The van der Waals surface area contributed by atoms with Crippen molar-refractivity contribution in [3.8, 4) is 11.4 Å². The minimum absolute atomic E-state index is 0.00432. The smallest absolute Gasteiger partial charge is 0.269 e. The number of aryl methyl sites for hydroxylation is 1. The SMILES string of the molecule is Cc1ccc(-c2nnc(SCC(=O)NN=Cc3ccc([N+](=O)[O-])cc3)n2C2CCCCC2)cc1. The molecule has 1 N–H and O–H groups in total. The molecule has 34 heavy (non-hydrogen) atoms. The van der Waals surface area contributed by atoms with Crippen LogP contribution in [0.25, 0.3) is 11.4 Å². The van der Waals surface area contributed by atoms with Crippen LogP contribution in [-0.2, 0) is 4.79 Å². The second-order valence-electron chi connectivity index (χ2n) is 8.26. The first-order chi connectivity index (χ1) is 16.5. The van der Waals surface area contributed by atoms with E-state index < -0.39 is 4.92 Å². The fourth-order valence-corrected chi connectivity index (χ4v) is 4.76. The maximum atomic E-state index is 12.4. The van der Waals surface area contributed by atoms with Crippen LogP contribution in [0.4, 0.5) is 5.69 Å². The molecule has 0 saturated heterocycles. The monoisotopic (exact) mass is 478 g/mol. The topological polar surface area (TPSA) is 115 Å². The molecule has 9 nitrogen and oxygen atoms in total. The fraction of sp³-hybridized carbons (Fsp3) is 0.333. The number of carbonyl (C=O) groups is 1. The third-order valence-corrected chi connectivity index (χ3v) is 6.70. The average Bonchev–Trinajstić information content (AvgIpc) is 3.28. The second-order valence-corrected chi connectivity index (χ2v) is 9.21. The molecule has 2 aromatic carbocycles. The third-order valence-electron chi connectivity index (χ3n) is 5.75. The zero-order chi connectivity index (χ0) is 23.9. The number of benzene rings is 2. The number of thioether (sulfide) groups is 1. The Morgan fingerprint density at radius 2 is 1.85 bits per heavy atom. The number of rotatable bonds is 8. The minimum atomic E-state index is -0.462. The number of nitro benzene ring substituents is 1. The van der Waals surface area contributed by atoms with E-state index in [1.807, 2.05) is 0 Å². The van der Waals surface area contributed by atoms with Gasteiger partial charge in [-0.1, -0.05) is 60.9 Å². The summed E-state index contributed by atoms with van der Waals surface area (Å²) >= 11 is 1.35. The van der Waals surface area contributed by atoms with Crippen molar-refractivity contribution in [2.75, 3.05) is 5.75 Å². The molecule has 0 aliphatic heterocycles. The maximum absolute atomic E-state index is 12.4. The minimum Gasteiger partial charge on any atom is -0.299 e. The van der Waals surface area contributed by atoms with Gasteiger partial charge in [-0.3, -0.25) is 19.5 Å². The fourth-order valence-electron chi connectivity index (χ4n) is 3.97. The van der Waals surface area contributed by atoms with Gasteiger partial charge in [0.15, 0.2) is 11.0 Å². The number of nitrogens with zero attached hydrogens (tertiary/aromatic N) is 5. The number of hydrogen-bond acceptors (Lipinski definition) is 7. The zero-order valence-electron chi connectivity index (χ0n) is 18.9. The van der Waals surface area contributed by atoms with E-state index in [2.05, 4.69) is 56.5 Å². The molecule has 1 heterocycles. The quantitative estimate of drug-likeness (QED) is 0.213. The number of hydrogen-bond donors (Lipinski definition) is 1. The van der Waals surface area contributed by atoms with Crippen LogP contribution in [0.2, 0.25) is 0 Å². The van der Waals surface area contributed by atoms with Crippen LogP contribution in [0.15, 0.2) is 58.8 Å². The van der Waals surface area contributed by atoms with Crippen molar-refractivity contribution in [2.45, 2.75) is 50.2 Å². The molecule has 176 valence electrons. The number of non-ortho nitro benzene ring substituents is 1. The Labute approximate surface area is 201 Å². The number of carbonyl (C=O) groups excluding carboxylic acids is 1. The summed E-state index contributed by atoms with van der Waals surface area (Å²) in [6.45, 7) is 2.06. The highest BCUT2D eigenvalue weighted by Crippen LogP contribution is 2.35. The van der Waals surface area contributed by atoms with Crippen molar-refractivity contribution in [1.29, 1.82) is 0 Å². The highest BCUT2D eigenvalue weighted by Gasteiger charge is 2.24. The Bertz CT molecular complexity index is 1170. The lowest BCUT2D eigenvalue weighted by Gasteiger charge is -2.25. The summed E-state index contributed by atoms with van der Waals surface area (Å²) in [5.74, 6) is 0.723. The molecule has 1 aromatic heterocycles. The first-order valence-electron chi connectivity index (χ1n) is 11.2. The largest absolute Gasteiger partial charge is 0.299 e. The van der Waals surface area contributed by atoms with Gasteiger partial charge in [-0.2, -0.15) is 5.10 Å². The van der Waals surface area contributed by atoms with Gasteiger partial charge >= 0.3 is 0 Å². The molecule has 4 rings (SSSR count). The van der Waals surface area contributed by atoms with E-state index in [0.29, 0.717) is 11.6 Å². The van der Waals surface area contributed by atoms with Crippen molar-refractivity contribution < 1.29 is 9.72 Å². The predicted octanol–water partition coefficient (Wildman–Crippen LogP) is 4.91. The summed E-state index contributed by atoms with van der Waals surface area (Å²) < 4.78 is 2.20. The number of aromatic nitrogens is 3. The standard InChI is InChI=1S/C24H26N6O3S/c1-17-7-11-19(12-8-17)23-27-28-24(29(23)20-5-3-2-4-6-20)34-16-22(31)26-25-15-18-9-13-21(14-10-18)30(32)33/h7-15,20H,2-6,16H2,1H3,(H,26,31). The molecule has 1 amide bonds. The van der Waals surface area contributed by atoms with Crippen LogP contribution in [0, 0.1) is 17.0 Å². The Kier molecular flexibility index (Phi) is 7.69.